The molecule has 0 unspecified atom stereocenters. The second-order valence-corrected chi connectivity index (χ2v) is 3.73. The van der Waals surface area contributed by atoms with Crippen LogP contribution in [-0.4, -0.2) is 41.8 Å². The largest absolute Gasteiger partial charge is 0.494 e. The van der Waals surface area contributed by atoms with Crippen LogP contribution in [0.3, 0.4) is 0 Å². The minimum absolute atomic E-state index is 0.0123. The molecular weight excluding hydrogens is 257 g/mol. The van der Waals surface area contributed by atoms with Crippen LogP contribution in [0, 0.1) is 5.82 Å². The van der Waals surface area contributed by atoms with Crippen LogP contribution in [0.2, 0.25) is 0 Å². The predicted octanol–water partition coefficient (Wildman–Crippen LogP) is 0.400. The Bertz CT molecular complexity index is 477. The summed E-state index contributed by atoms with van der Waals surface area (Å²) >= 11 is 0. The van der Waals surface area contributed by atoms with E-state index in [0.717, 1.165) is 6.07 Å². The maximum atomic E-state index is 13.4. The third kappa shape index (κ3) is 3.92. The quantitative estimate of drug-likeness (QED) is 0.696. The molecule has 7 heteroatoms. The molecule has 0 spiro atoms. The van der Waals surface area contributed by atoms with E-state index in [4.69, 9.17) is 14.9 Å². The van der Waals surface area contributed by atoms with E-state index in [0.29, 0.717) is 0 Å². The molecule has 0 heterocycles. The Kier molecular flexibility index (Phi) is 5.25. The van der Waals surface area contributed by atoms with Gasteiger partial charge in [0.1, 0.15) is 6.04 Å². The summed E-state index contributed by atoms with van der Waals surface area (Å²) in [7, 11) is 1.29. The number of hydrogen-bond donors (Lipinski definition) is 3. The highest BCUT2D eigenvalue weighted by Gasteiger charge is 2.20. The molecule has 0 aliphatic carbocycles. The molecule has 0 fully saturated rings. The number of methoxy groups -OCH3 is 1. The van der Waals surface area contributed by atoms with Crippen molar-refractivity contribution in [3.63, 3.8) is 0 Å². The van der Waals surface area contributed by atoms with Gasteiger partial charge in [-0.1, -0.05) is 0 Å². The van der Waals surface area contributed by atoms with E-state index in [9.17, 15) is 14.0 Å². The van der Waals surface area contributed by atoms with Crippen LogP contribution in [0.25, 0.3) is 0 Å². The normalized spacial score (nSPS) is 11.7. The van der Waals surface area contributed by atoms with Gasteiger partial charge in [-0.05, 0) is 18.2 Å². The molecule has 1 amide bonds. The summed E-state index contributed by atoms with van der Waals surface area (Å²) < 4.78 is 18.1. The molecule has 104 valence electrons. The monoisotopic (exact) mass is 271 g/mol. The lowest BCUT2D eigenvalue weighted by molar-refractivity contribution is -0.139. The Morgan fingerprint density at radius 3 is 2.63 bits per heavy atom. The predicted molar refractivity (Wildman–Crippen MR) is 63.5 cm³/mol. The fraction of sp³-hybridized carbons (Fsp3) is 0.333. The molecule has 1 atom stereocenters. The van der Waals surface area contributed by atoms with Crippen molar-refractivity contribution in [1.29, 1.82) is 0 Å². The first-order chi connectivity index (χ1) is 8.99. The Morgan fingerprint density at radius 1 is 1.47 bits per heavy atom. The zero-order chi connectivity index (χ0) is 14.4. The molecule has 1 aromatic carbocycles. The summed E-state index contributed by atoms with van der Waals surface area (Å²) in [6.45, 7) is -0.381. The Labute approximate surface area is 108 Å². The van der Waals surface area contributed by atoms with E-state index in [1.165, 1.54) is 19.2 Å². The Hall–Kier alpha value is -2.15. The molecule has 0 saturated carbocycles. The second kappa shape index (κ2) is 6.69. The zero-order valence-electron chi connectivity index (χ0n) is 10.2. The van der Waals surface area contributed by atoms with Gasteiger partial charge in [-0.15, -0.1) is 0 Å². The highest BCUT2D eigenvalue weighted by atomic mass is 19.1. The van der Waals surface area contributed by atoms with Gasteiger partial charge < -0.3 is 20.3 Å². The van der Waals surface area contributed by atoms with Gasteiger partial charge in [0.05, 0.1) is 7.11 Å². The van der Waals surface area contributed by atoms with Gasteiger partial charge in [0.2, 0.25) is 0 Å². The van der Waals surface area contributed by atoms with E-state index in [1.807, 2.05) is 0 Å². The standard InChI is InChI=1S/C12H14FNO5/c1-19-10-3-2-7(6-8(10)13)11(16)14-9(4-5-15)12(17)18/h2-3,6,9,15H,4-5H2,1H3,(H,14,16)(H,17,18)/t9-/m1/s1. The number of carboxylic acid groups (broad SMARTS) is 1. The number of aliphatic hydroxyl groups excluding tert-OH is 1. The summed E-state index contributed by atoms with van der Waals surface area (Å²) in [6.07, 6.45) is -0.125. The van der Waals surface area contributed by atoms with Crippen molar-refractivity contribution in [2.45, 2.75) is 12.5 Å². The van der Waals surface area contributed by atoms with Crippen molar-refractivity contribution in [2.24, 2.45) is 0 Å². The molecule has 6 nitrogen and oxygen atoms in total. The van der Waals surface area contributed by atoms with Crippen LogP contribution in [0.1, 0.15) is 16.8 Å². The van der Waals surface area contributed by atoms with Crippen LogP contribution in [-0.2, 0) is 4.79 Å². The molecule has 0 saturated heterocycles. The molecule has 0 radical (unpaired) electrons. The number of carbonyl (C=O) groups excluding carboxylic acids is 1. The number of amides is 1. The second-order valence-electron chi connectivity index (χ2n) is 3.73. The fourth-order valence-corrected chi connectivity index (χ4v) is 1.44. The number of benzene rings is 1. The molecule has 1 aromatic rings. The van der Waals surface area contributed by atoms with Crippen molar-refractivity contribution in [2.75, 3.05) is 13.7 Å². The highest BCUT2D eigenvalue weighted by molar-refractivity contribution is 5.96. The average Bonchev–Trinajstić information content (AvgIpc) is 2.37. The van der Waals surface area contributed by atoms with E-state index >= 15 is 0 Å². The molecular formula is C12H14FNO5. The van der Waals surface area contributed by atoms with Gasteiger partial charge in [0.25, 0.3) is 5.91 Å². The number of nitrogens with one attached hydrogen (secondary N) is 1. The Morgan fingerprint density at radius 2 is 2.16 bits per heavy atom. The Balaban J connectivity index is 2.82. The number of carboxylic acids is 1. The maximum Gasteiger partial charge on any atom is 0.326 e. The van der Waals surface area contributed by atoms with Crippen molar-refractivity contribution >= 4 is 11.9 Å². The average molecular weight is 271 g/mol. The summed E-state index contributed by atoms with van der Waals surface area (Å²) in [6, 6.07) is 2.32. The van der Waals surface area contributed by atoms with Crippen LogP contribution < -0.4 is 10.1 Å². The van der Waals surface area contributed by atoms with E-state index < -0.39 is 23.7 Å². The summed E-state index contributed by atoms with van der Waals surface area (Å²) in [4.78, 5) is 22.5. The first kappa shape index (κ1) is 14.9. The number of aliphatic carboxylic acids is 1. The first-order valence-electron chi connectivity index (χ1n) is 5.47. The van der Waals surface area contributed by atoms with Crippen molar-refractivity contribution < 1.29 is 28.9 Å². The molecule has 0 aliphatic rings. The fourth-order valence-electron chi connectivity index (χ4n) is 1.44. The number of hydrogen-bond acceptors (Lipinski definition) is 4. The van der Waals surface area contributed by atoms with Gasteiger partial charge in [0, 0.05) is 18.6 Å². The third-order valence-corrected chi connectivity index (χ3v) is 2.44. The van der Waals surface area contributed by atoms with Crippen LogP contribution in [0.15, 0.2) is 18.2 Å². The van der Waals surface area contributed by atoms with Crippen molar-refractivity contribution in [3.8, 4) is 5.75 Å². The SMILES string of the molecule is COc1ccc(C(=O)N[C@H](CCO)C(=O)O)cc1F. The minimum Gasteiger partial charge on any atom is -0.494 e. The molecule has 0 aliphatic heterocycles. The molecule has 19 heavy (non-hydrogen) atoms. The van der Waals surface area contributed by atoms with Crippen LogP contribution in [0.5, 0.6) is 5.75 Å². The van der Waals surface area contributed by atoms with E-state index in [2.05, 4.69) is 5.32 Å². The highest BCUT2D eigenvalue weighted by Crippen LogP contribution is 2.17. The molecule has 3 N–H and O–H groups in total. The lowest BCUT2D eigenvalue weighted by Gasteiger charge is -2.13. The minimum atomic E-state index is -1.27. The number of carbonyl (C=O) groups is 2. The van der Waals surface area contributed by atoms with Crippen molar-refractivity contribution in [1.82, 2.24) is 5.32 Å². The topological polar surface area (TPSA) is 95.9 Å². The van der Waals surface area contributed by atoms with Gasteiger partial charge in [-0.3, -0.25) is 4.79 Å². The van der Waals surface area contributed by atoms with Crippen LogP contribution in [0.4, 0.5) is 4.39 Å². The van der Waals surface area contributed by atoms with Crippen molar-refractivity contribution in [3.05, 3.63) is 29.6 Å². The maximum absolute atomic E-state index is 13.4. The lowest BCUT2D eigenvalue weighted by Crippen LogP contribution is -2.41. The lowest BCUT2D eigenvalue weighted by atomic mass is 10.1. The molecule has 0 aromatic heterocycles. The smallest absolute Gasteiger partial charge is 0.326 e. The molecule has 0 bridgehead atoms. The third-order valence-electron chi connectivity index (χ3n) is 2.44. The van der Waals surface area contributed by atoms with Gasteiger partial charge in [-0.2, -0.15) is 0 Å². The number of ether oxygens (including phenoxy) is 1. The number of rotatable bonds is 6. The van der Waals surface area contributed by atoms with Crippen LogP contribution >= 0.6 is 0 Å². The van der Waals surface area contributed by atoms with Gasteiger partial charge in [0.15, 0.2) is 11.6 Å². The van der Waals surface area contributed by atoms with Gasteiger partial charge >= 0.3 is 5.97 Å². The zero-order valence-corrected chi connectivity index (χ0v) is 10.2. The summed E-state index contributed by atoms with van der Waals surface area (Å²) in [5.41, 5.74) is -0.0255. The van der Waals surface area contributed by atoms with Gasteiger partial charge in [-0.25, -0.2) is 9.18 Å². The summed E-state index contributed by atoms with van der Waals surface area (Å²) in [5, 5.41) is 19.7. The summed E-state index contributed by atoms with van der Waals surface area (Å²) in [5.74, 6) is -2.73. The number of halogens is 1. The number of aliphatic hydroxyl groups is 1. The van der Waals surface area contributed by atoms with E-state index in [1.54, 1.807) is 0 Å². The molecule has 1 rings (SSSR count). The first-order valence-corrected chi connectivity index (χ1v) is 5.47. The van der Waals surface area contributed by atoms with E-state index in [-0.39, 0.29) is 24.3 Å².